The molecular weight excluding hydrogens is 419 g/mol. The zero-order valence-electron chi connectivity index (χ0n) is 14.2. The van der Waals surface area contributed by atoms with Crippen molar-refractivity contribution in [1.82, 2.24) is 5.32 Å². The van der Waals surface area contributed by atoms with Gasteiger partial charge in [-0.3, -0.25) is 4.79 Å². The monoisotopic (exact) mass is 434 g/mol. The van der Waals surface area contributed by atoms with Gasteiger partial charge in [-0.15, -0.1) is 0 Å². The fourth-order valence-corrected chi connectivity index (χ4v) is 4.41. The molecule has 1 unspecified atom stereocenters. The topological polar surface area (TPSA) is 50.7 Å². The van der Waals surface area contributed by atoms with Gasteiger partial charge in [0.15, 0.2) is 10.7 Å². The van der Waals surface area contributed by atoms with Crippen LogP contribution in [-0.4, -0.2) is 17.3 Å². The number of amides is 1. The average molecular weight is 435 g/mol. The summed E-state index contributed by atoms with van der Waals surface area (Å²) in [6.45, 7) is 1.87. The molecule has 0 aromatic heterocycles. The molecule has 1 N–H and O–H groups in total. The number of benzene rings is 2. The lowest BCUT2D eigenvalue weighted by atomic mass is 9.74. The molecule has 0 saturated heterocycles. The molecule has 1 spiro atoms. The highest BCUT2D eigenvalue weighted by Gasteiger charge is 2.55. The van der Waals surface area contributed by atoms with Crippen LogP contribution in [0.15, 0.2) is 51.9 Å². The smallest absolute Gasteiger partial charge is 0.258 e. The average Bonchev–Trinajstić information content (AvgIpc) is 2.92. The second-order valence-electron chi connectivity index (χ2n) is 6.60. The first kappa shape index (κ1) is 17.5. The van der Waals surface area contributed by atoms with E-state index in [1.54, 1.807) is 6.07 Å². The fraction of sp³-hybridized carbons (Fsp3) is 0.263. The van der Waals surface area contributed by atoms with Crippen molar-refractivity contribution in [3.8, 4) is 5.75 Å². The van der Waals surface area contributed by atoms with Gasteiger partial charge >= 0.3 is 0 Å². The van der Waals surface area contributed by atoms with Crippen LogP contribution in [0.2, 0.25) is 0 Å². The van der Waals surface area contributed by atoms with Crippen molar-refractivity contribution in [2.45, 2.75) is 24.5 Å². The number of nitrogens with one attached hydrogen (secondary N) is 1. The predicted molar refractivity (Wildman–Crippen MR) is 104 cm³/mol. The molecule has 2 heterocycles. The molecule has 2 aromatic rings. The Kier molecular flexibility index (Phi) is 4.11. The van der Waals surface area contributed by atoms with E-state index in [1.165, 1.54) is 23.9 Å². The predicted octanol–water partition coefficient (Wildman–Crippen LogP) is 4.33. The highest BCUT2D eigenvalue weighted by Crippen LogP contribution is 2.52. The Balaban J connectivity index is 1.93. The van der Waals surface area contributed by atoms with E-state index in [1.807, 2.05) is 37.4 Å². The molecule has 2 aliphatic rings. The minimum Gasteiger partial charge on any atom is -0.482 e. The minimum atomic E-state index is -1.10. The second kappa shape index (κ2) is 6.09. The quantitative estimate of drug-likeness (QED) is 0.726. The van der Waals surface area contributed by atoms with Crippen molar-refractivity contribution in [3.05, 3.63) is 63.9 Å². The van der Waals surface area contributed by atoms with Crippen molar-refractivity contribution >= 4 is 38.8 Å². The summed E-state index contributed by atoms with van der Waals surface area (Å²) >= 11 is 4.85. The van der Waals surface area contributed by atoms with Crippen LogP contribution in [-0.2, 0) is 15.9 Å². The first-order valence-corrected chi connectivity index (χ1v) is 10.1. The number of halogens is 2. The fourth-order valence-electron chi connectivity index (χ4n) is 3.61. The maximum atomic E-state index is 13.8. The van der Waals surface area contributed by atoms with Crippen LogP contribution in [0.1, 0.15) is 24.5 Å². The van der Waals surface area contributed by atoms with E-state index in [-0.39, 0.29) is 18.1 Å². The summed E-state index contributed by atoms with van der Waals surface area (Å²) < 4.78 is 20.9. The maximum absolute atomic E-state index is 13.8. The molecule has 0 fully saturated rings. The van der Waals surface area contributed by atoms with E-state index in [2.05, 4.69) is 21.2 Å². The van der Waals surface area contributed by atoms with Crippen LogP contribution in [0, 0.1) is 5.82 Å². The van der Waals surface area contributed by atoms with Crippen molar-refractivity contribution in [3.63, 3.8) is 0 Å². The number of rotatable bonds is 1. The van der Waals surface area contributed by atoms with Gasteiger partial charge in [0.05, 0.1) is 0 Å². The molecule has 134 valence electrons. The van der Waals surface area contributed by atoms with E-state index in [0.29, 0.717) is 22.0 Å². The number of hydrogen-bond donors (Lipinski definition) is 1. The van der Waals surface area contributed by atoms with E-state index >= 15 is 0 Å². The molecule has 0 saturated carbocycles. The zero-order valence-corrected chi connectivity index (χ0v) is 16.6. The molecular formula is C19H16BrFN2O2S. The largest absolute Gasteiger partial charge is 0.482 e. The van der Waals surface area contributed by atoms with E-state index in [4.69, 9.17) is 9.73 Å². The first-order valence-electron chi connectivity index (χ1n) is 8.07. The number of amidine groups is 1. The lowest BCUT2D eigenvalue weighted by Crippen LogP contribution is -2.48. The summed E-state index contributed by atoms with van der Waals surface area (Å²) in [7, 11) is 0. The van der Waals surface area contributed by atoms with Crippen LogP contribution in [0.25, 0.3) is 0 Å². The van der Waals surface area contributed by atoms with Gasteiger partial charge in [-0.2, -0.15) is 0 Å². The van der Waals surface area contributed by atoms with Gasteiger partial charge in [-0.25, -0.2) is 9.38 Å². The molecule has 2 aliphatic heterocycles. The SMILES string of the molecule is CSC1=NC2(C[C@](C)(c3cccc(F)c3)Oc3ccc(Br)cc32)C(=O)N1. The van der Waals surface area contributed by atoms with Crippen LogP contribution < -0.4 is 10.1 Å². The third-order valence-corrected chi connectivity index (χ3v) is 5.91. The van der Waals surface area contributed by atoms with Crippen molar-refractivity contribution in [1.29, 1.82) is 0 Å². The molecule has 4 nitrogen and oxygen atoms in total. The van der Waals surface area contributed by atoms with Crippen molar-refractivity contribution < 1.29 is 13.9 Å². The third-order valence-electron chi connectivity index (χ3n) is 4.83. The lowest BCUT2D eigenvalue weighted by Gasteiger charge is -2.43. The molecule has 1 amide bonds. The first-order chi connectivity index (χ1) is 12.4. The maximum Gasteiger partial charge on any atom is 0.258 e. The number of nitrogens with zero attached hydrogens (tertiary/aromatic N) is 1. The summed E-state index contributed by atoms with van der Waals surface area (Å²) in [5, 5.41) is 3.43. The highest BCUT2D eigenvalue weighted by atomic mass is 79.9. The Morgan fingerprint density at radius 1 is 1.31 bits per heavy atom. The Morgan fingerprint density at radius 3 is 2.81 bits per heavy atom. The van der Waals surface area contributed by atoms with Gasteiger partial charge in [0.25, 0.3) is 5.91 Å². The number of carbonyl (C=O) groups excluding carboxylic acids is 1. The van der Waals surface area contributed by atoms with Gasteiger partial charge in [0.1, 0.15) is 17.2 Å². The van der Waals surface area contributed by atoms with Crippen LogP contribution >= 0.6 is 27.7 Å². The van der Waals surface area contributed by atoms with E-state index in [9.17, 15) is 9.18 Å². The van der Waals surface area contributed by atoms with Gasteiger partial charge in [0, 0.05) is 16.5 Å². The number of hydrogen-bond acceptors (Lipinski definition) is 4. The molecule has 7 heteroatoms. The number of fused-ring (bicyclic) bond motifs is 2. The Hall–Kier alpha value is -1.86. The highest BCUT2D eigenvalue weighted by molar-refractivity contribution is 9.10. The molecule has 2 aromatic carbocycles. The summed E-state index contributed by atoms with van der Waals surface area (Å²) in [6.07, 6.45) is 2.15. The molecule has 4 rings (SSSR count). The molecule has 2 atom stereocenters. The normalized spacial score (nSPS) is 26.9. The Labute approximate surface area is 163 Å². The standard InChI is InChI=1S/C19H16BrFN2O2S/c1-18(11-4-3-5-13(21)8-11)10-19(16(24)22-17(23-19)26-2)14-9-12(20)6-7-15(14)25-18/h3-9H,10H2,1-2H3,(H,22,23,24)/t18-,19?/m1/s1. The lowest BCUT2D eigenvalue weighted by molar-refractivity contribution is -0.127. The zero-order chi connectivity index (χ0) is 18.5. The summed E-state index contributed by atoms with van der Waals surface area (Å²) in [5.41, 5.74) is -0.609. The summed E-state index contributed by atoms with van der Waals surface area (Å²) in [4.78, 5) is 17.7. The van der Waals surface area contributed by atoms with Crippen molar-refractivity contribution in [2.24, 2.45) is 4.99 Å². The Bertz CT molecular complexity index is 951. The van der Waals surface area contributed by atoms with Gasteiger partial charge < -0.3 is 10.1 Å². The van der Waals surface area contributed by atoms with Gasteiger partial charge in [-0.1, -0.05) is 39.8 Å². The second-order valence-corrected chi connectivity index (χ2v) is 8.31. The van der Waals surface area contributed by atoms with Crippen LogP contribution in [0.3, 0.4) is 0 Å². The molecule has 0 radical (unpaired) electrons. The number of thioether (sulfide) groups is 1. The minimum absolute atomic E-state index is 0.188. The third kappa shape index (κ3) is 2.65. The molecule has 0 aliphatic carbocycles. The summed E-state index contributed by atoms with van der Waals surface area (Å²) in [5.74, 6) is 0.0479. The van der Waals surface area contributed by atoms with E-state index < -0.39 is 11.1 Å². The molecule has 26 heavy (non-hydrogen) atoms. The van der Waals surface area contributed by atoms with Crippen LogP contribution in [0.4, 0.5) is 4.39 Å². The number of aliphatic imine (C=N–C) groups is 1. The Morgan fingerprint density at radius 2 is 2.12 bits per heavy atom. The van der Waals surface area contributed by atoms with E-state index in [0.717, 1.165) is 4.47 Å². The number of ether oxygens (including phenoxy) is 1. The van der Waals surface area contributed by atoms with Gasteiger partial charge in [-0.05, 0) is 49.1 Å². The van der Waals surface area contributed by atoms with Gasteiger partial charge in [0.2, 0.25) is 0 Å². The van der Waals surface area contributed by atoms with Crippen molar-refractivity contribution in [2.75, 3.05) is 6.26 Å². The molecule has 0 bridgehead atoms. The van der Waals surface area contributed by atoms with Crippen LogP contribution in [0.5, 0.6) is 5.75 Å². The summed E-state index contributed by atoms with van der Waals surface area (Å²) in [6, 6.07) is 11.8. The number of carbonyl (C=O) groups is 1.